The van der Waals surface area contributed by atoms with E-state index in [1.807, 2.05) is 33.3 Å². The van der Waals surface area contributed by atoms with Crippen LogP contribution in [0.15, 0.2) is 48.6 Å². The molecule has 0 aromatic rings. The van der Waals surface area contributed by atoms with Crippen LogP contribution in [0.2, 0.25) is 0 Å². The third-order valence-electron chi connectivity index (χ3n) is 12.5. The summed E-state index contributed by atoms with van der Waals surface area (Å²) in [7, 11) is 1.17. The second-order valence-corrected chi connectivity index (χ2v) is 21.9. The van der Waals surface area contributed by atoms with Crippen molar-refractivity contribution in [2.24, 2.45) is 0 Å². The number of ether oxygens (including phenoxy) is 1. The van der Waals surface area contributed by atoms with Gasteiger partial charge in [0.25, 0.3) is 7.82 Å². The number of nitrogens with zero attached hydrogens (tertiary/aromatic N) is 1. The van der Waals surface area contributed by atoms with Crippen molar-refractivity contribution in [1.29, 1.82) is 0 Å². The number of unbranched alkanes of at least 4 members (excludes halogenated alkanes) is 30. The van der Waals surface area contributed by atoms with Gasteiger partial charge in [0, 0.05) is 12.8 Å². The number of amides is 1. The highest BCUT2D eigenvalue weighted by molar-refractivity contribution is 7.45. The molecule has 0 aromatic carbocycles. The molecule has 9 nitrogen and oxygen atoms in total. The van der Waals surface area contributed by atoms with Crippen LogP contribution in [-0.2, 0) is 27.9 Å². The summed E-state index contributed by atoms with van der Waals surface area (Å²) in [6.07, 6.45) is 57.9. The van der Waals surface area contributed by atoms with Crippen LogP contribution < -0.4 is 10.2 Å². The zero-order chi connectivity index (χ0) is 50.1. The summed E-state index contributed by atoms with van der Waals surface area (Å²) in [5.41, 5.74) is 0. The van der Waals surface area contributed by atoms with Gasteiger partial charge in [0.2, 0.25) is 5.91 Å². The number of nitrogens with one attached hydrogen (secondary N) is 1. The van der Waals surface area contributed by atoms with Crippen molar-refractivity contribution >= 4 is 19.7 Å². The third kappa shape index (κ3) is 49.0. The highest BCUT2D eigenvalue weighted by Crippen LogP contribution is 2.38. The normalized spacial score (nSPS) is 14.2. The number of quaternary nitrogens is 1. The van der Waals surface area contributed by atoms with Gasteiger partial charge in [0.1, 0.15) is 19.3 Å². The molecule has 0 radical (unpaired) electrons. The molecule has 0 fully saturated rings. The van der Waals surface area contributed by atoms with Crippen molar-refractivity contribution in [3.05, 3.63) is 48.6 Å². The van der Waals surface area contributed by atoms with E-state index in [1.54, 1.807) is 0 Å². The molecule has 1 amide bonds. The molecule has 0 spiro atoms. The van der Waals surface area contributed by atoms with Crippen LogP contribution in [0.4, 0.5) is 0 Å². The minimum absolute atomic E-state index is 0.0281. The first kappa shape index (κ1) is 66.0. The predicted molar refractivity (Wildman–Crippen MR) is 289 cm³/mol. The van der Waals surface area contributed by atoms with Gasteiger partial charge in [0.15, 0.2) is 0 Å². The molecule has 3 atom stereocenters. The largest absolute Gasteiger partial charge is 0.756 e. The van der Waals surface area contributed by atoms with Crippen LogP contribution in [0.25, 0.3) is 0 Å². The molecular formula is C58H109N2O7P. The maximum absolute atomic E-state index is 13.4. The number of allylic oxidation sites excluding steroid dienone is 7. The Morgan fingerprint density at radius 2 is 0.897 bits per heavy atom. The molecular weight excluding hydrogens is 868 g/mol. The lowest BCUT2D eigenvalue weighted by atomic mass is 10.1. The van der Waals surface area contributed by atoms with Gasteiger partial charge in [-0.2, -0.15) is 0 Å². The summed E-state index contributed by atoms with van der Waals surface area (Å²) in [5, 5.41) is 3.00. The van der Waals surface area contributed by atoms with Crippen LogP contribution in [0.3, 0.4) is 0 Å². The molecule has 0 saturated heterocycles. The van der Waals surface area contributed by atoms with Crippen LogP contribution in [0.5, 0.6) is 0 Å². The van der Waals surface area contributed by atoms with E-state index in [2.05, 4.69) is 62.5 Å². The number of hydrogen-bond acceptors (Lipinski definition) is 7. The fraction of sp³-hybridized carbons (Fsp3) is 0.828. The lowest BCUT2D eigenvalue weighted by molar-refractivity contribution is -0.870. The molecule has 0 heterocycles. The molecule has 398 valence electrons. The molecule has 0 aromatic heterocycles. The van der Waals surface area contributed by atoms with E-state index < -0.39 is 26.6 Å². The summed E-state index contributed by atoms with van der Waals surface area (Å²) >= 11 is 0. The SMILES string of the molecule is CCCCCC/C=C\CCCCCCCCCC(=O)OC(/C=C/CCCCCCCCCCC)C(COP(=O)([O-])OCC[N+](C)(C)C)NC(=O)CCCCC/C=C/C=C/CCCCCCCCC. The van der Waals surface area contributed by atoms with Gasteiger partial charge in [-0.05, 0) is 83.1 Å². The number of rotatable bonds is 51. The van der Waals surface area contributed by atoms with E-state index in [0.29, 0.717) is 17.4 Å². The van der Waals surface area contributed by atoms with Gasteiger partial charge in [-0.3, -0.25) is 14.2 Å². The average molecular weight is 977 g/mol. The lowest BCUT2D eigenvalue weighted by Gasteiger charge is -2.30. The zero-order valence-electron chi connectivity index (χ0n) is 45.3. The van der Waals surface area contributed by atoms with Crippen LogP contribution in [-0.4, -0.2) is 69.4 Å². The topological polar surface area (TPSA) is 114 Å². The standard InChI is InChI=1S/C58H109N2O7P/c1-7-10-13-16-19-22-25-27-29-31-32-35-38-41-44-47-50-57(61)59-55(54-66-68(63,64)65-53-52-60(4,5)6)56(49-46-43-40-37-34-24-21-18-15-12-9-3)67-58(62)51-48-45-42-39-36-33-30-28-26-23-20-17-14-11-8-2/h23,26,29,31-32,35,46,49,55-56H,7-22,24-25,27-28,30,33-34,36-45,47-48,50-54H2,1-6H3,(H-,59,61,63,64)/b26-23-,31-29+,35-32+,49-46+. The van der Waals surface area contributed by atoms with Crippen LogP contribution in [0.1, 0.15) is 258 Å². The Kier molecular flexibility index (Phi) is 47.1. The number of phosphoric ester groups is 1. The Morgan fingerprint density at radius 3 is 1.37 bits per heavy atom. The molecule has 1 N–H and O–H groups in total. The van der Waals surface area contributed by atoms with E-state index in [0.717, 1.165) is 77.0 Å². The van der Waals surface area contributed by atoms with Crippen molar-refractivity contribution in [3.8, 4) is 0 Å². The van der Waals surface area contributed by atoms with E-state index >= 15 is 0 Å². The van der Waals surface area contributed by atoms with E-state index in [1.165, 1.54) is 141 Å². The number of phosphoric acid groups is 1. The third-order valence-corrected chi connectivity index (χ3v) is 13.5. The summed E-state index contributed by atoms with van der Waals surface area (Å²) in [6.45, 7) is 6.79. The van der Waals surface area contributed by atoms with Gasteiger partial charge < -0.3 is 28.5 Å². The van der Waals surface area contributed by atoms with Gasteiger partial charge in [0.05, 0.1) is 33.8 Å². The molecule has 0 aliphatic rings. The maximum atomic E-state index is 13.4. The Morgan fingerprint density at radius 1 is 0.515 bits per heavy atom. The Labute approximate surface area is 420 Å². The van der Waals surface area contributed by atoms with Crippen molar-refractivity contribution < 1.29 is 37.3 Å². The van der Waals surface area contributed by atoms with Crippen molar-refractivity contribution in [3.63, 3.8) is 0 Å². The van der Waals surface area contributed by atoms with Crippen molar-refractivity contribution in [2.75, 3.05) is 40.9 Å². The van der Waals surface area contributed by atoms with Gasteiger partial charge >= 0.3 is 5.97 Å². The van der Waals surface area contributed by atoms with Gasteiger partial charge in [-0.1, -0.05) is 211 Å². The second kappa shape index (κ2) is 48.6. The number of carbonyl (C=O) groups is 2. The number of hydrogen-bond donors (Lipinski definition) is 1. The molecule has 0 bridgehead atoms. The van der Waals surface area contributed by atoms with Crippen molar-refractivity contribution in [2.45, 2.75) is 270 Å². The Bertz CT molecular complexity index is 1310. The summed E-state index contributed by atoms with van der Waals surface area (Å²) < 4.78 is 30.2. The highest BCUT2D eigenvalue weighted by Gasteiger charge is 2.27. The number of carbonyl (C=O) groups excluding carboxylic acids is 2. The first-order valence-electron chi connectivity index (χ1n) is 28.5. The molecule has 0 rings (SSSR count). The van der Waals surface area contributed by atoms with E-state index in [4.69, 9.17) is 13.8 Å². The molecule has 3 unspecified atom stereocenters. The molecule has 0 aliphatic carbocycles. The second-order valence-electron chi connectivity index (χ2n) is 20.5. The van der Waals surface area contributed by atoms with Crippen LogP contribution in [0, 0.1) is 0 Å². The minimum atomic E-state index is -4.70. The molecule has 0 saturated carbocycles. The Balaban J connectivity index is 5.38. The summed E-state index contributed by atoms with van der Waals surface area (Å²) in [5.74, 6) is -0.574. The Hall–Kier alpha value is -2.03. The number of esters is 1. The minimum Gasteiger partial charge on any atom is -0.756 e. The van der Waals surface area contributed by atoms with E-state index in [9.17, 15) is 19.0 Å². The van der Waals surface area contributed by atoms with Gasteiger partial charge in [-0.15, -0.1) is 0 Å². The monoisotopic (exact) mass is 977 g/mol. The van der Waals surface area contributed by atoms with Crippen molar-refractivity contribution in [1.82, 2.24) is 5.32 Å². The summed E-state index contributed by atoms with van der Waals surface area (Å²) in [6, 6.07) is -0.901. The summed E-state index contributed by atoms with van der Waals surface area (Å²) in [4.78, 5) is 39.8. The zero-order valence-corrected chi connectivity index (χ0v) is 46.2. The fourth-order valence-electron chi connectivity index (χ4n) is 8.04. The van der Waals surface area contributed by atoms with Crippen LogP contribution >= 0.6 is 7.82 Å². The average Bonchev–Trinajstić information content (AvgIpc) is 3.29. The highest BCUT2D eigenvalue weighted by atomic mass is 31.2. The molecule has 68 heavy (non-hydrogen) atoms. The first-order valence-corrected chi connectivity index (χ1v) is 29.9. The lowest BCUT2D eigenvalue weighted by Crippen LogP contribution is -2.47. The fourth-order valence-corrected chi connectivity index (χ4v) is 8.76. The molecule has 0 aliphatic heterocycles. The van der Waals surface area contributed by atoms with E-state index in [-0.39, 0.29) is 31.3 Å². The predicted octanol–water partition coefficient (Wildman–Crippen LogP) is 16.3. The number of likely N-dealkylation sites (N-methyl/N-ethyl adjacent to an activating group) is 1. The smallest absolute Gasteiger partial charge is 0.306 e. The quantitative estimate of drug-likeness (QED) is 0.0161. The maximum Gasteiger partial charge on any atom is 0.306 e. The first-order chi connectivity index (χ1) is 32.9. The van der Waals surface area contributed by atoms with Gasteiger partial charge in [-0.25, -0.2) is 0 Å². The molecule has 10 heteroatoms.